The van der Waals surface area contributed by atoms with Crippen molar-refractivity contribution in [3.63, 3.8) is 0 Å². The first-order chi connectivity index (χ1) is 12.6. The van der Waals surface area contributed by atoms with Gasteiger partial charge in [0.05, 0.1) is 11.7 Å². The quantitative estimate of drug-likeness (QED) is 0.521. The molecule has 5 rings (SSSR count). The Morgan fingerprint density at radius 3 is 2.77 bits per heavy atom. The predicted octanol–water partition coefficient (Wildman–Crippen LogP) is 4.05. The minimum Gasteiger partial charge on any atom is -0.350 e. The van der Waals surface area contributed by atoms with Crippen molar-refractivity contribution in [1.29, 1.82) is 0 Å². The van der Waals surface area contributed by atoms with Gasteiger partial charge >= 0.3 is 0 Å². The van der Waals surface area contributed by atoms with Gasteiger partial charge in [-0.15, -0.1) is 0 Å². The molecule has 0 spiro atoms. The Bertz CT molecular complexity index is 1240. The maximum absolute atomic E-state index is 13.4. The number of aromatic nitrogens is 5. The van der Waals surface area contributed by atoms with Crippen LogP contribution in [0.4, 0.5) is 8.78 Å². The van der Waals surface area contributed by atoms with Crippen LogP contribution in [0.15, 0.2) is 47.1 Å². The van der Waals surface area contributed by atoms with Gasteiger partial charge in [-0.3, -0.25) is 4.68 Å². The van der Waals surface area contributed by atoms with E-state index < -0.39 is 11.6 Å². The molecular weight excluding hydrogens is 340 g/mol. The van der Waals surface area contributed by atoms with Gasteiger partial charge in [-0.25, -0.2) is 8.78 Å². The van der Waals surface area contributed by atoms with Crippen LogP contribution < -0.4 is 0 Å². The lowest BCUT2D eigenvalue weighted by Crippen LogP contribution is -1.89. The summed E-state index contributed by atoms with van der Waals surface area (Å²) in [5, 5.41) is 9.75. The van der Waals surface area contributed by atoms with Crippen molar-refractivity contribution in [3.05, 3.63) is 54.2 Å². The largest absolute Gasteiger partial charge is 0.350 e. The Labute approximate surface area is 145 Å². The Morgan fingerprint density at radius 2 is 1.88 bits per heavy atom. The van der Waals surface area contributed by atoms with Crippen molar-refractivity contribution >= 4 is 21.8 Å². The number of nitrogens with zero attached hydrogens (tertiary/aromatic N) is 4. The molecule has 128 valence electrons. The molecule has 0 unspecified atom stereocenters. The van der Waals surface area contributed by atoms with Crippen molar-refractivity contribution in [1.82, 2.24) is 24.9 Å². The molecule has 6 nitrogen and oxygen atoms in total. The average Bonchev–Trinajstić information content (AvgIpc) is 3.34. The Hall–Kier alpha value is -3.55. The summed E-state index contributed by atoms with van der Waals surface area (Å²) in [5.74, 6) is -1.17. The summed E-state index contributed by atoms with van der Waals surface area (Å²) in [6.45, 7) is 0. The summed E-state index contributed by atoms with van der Waals surface area (Å²) in [4.78, 5) is 7.35. The van der Waals surface area contributed by atoms with Crippen molar-refractivity contribution in [3.8, 4) is 23.0 Å². The molecule has 2 aromatic carbocycles. The number of hydrogen-bond donors (Lipinski definition) is 1. The summed E-state index contributed by atoms with van der Waals surface area (Å²) in [6, 6.07) is 9.60. The van der Waals surface area contributed by atoms with Crippen LogP contribution in [-0.4, -0.2) is 24.9 Å². The van der Waals surface area contributed by atoms with Crippen molar-refractivity contribution < 1.29 is 13.3 Å². The van der Waals surface area contributed by atoms with E-state index in [4.69, 9.17) is 4.52 Å². The number of aryl methyl sites for hydroxylation is 1. The summed E-state index contributed by atoms with van der Waals surface area (Å²) >= 11 is 0. The Kier molecular flexibility index (Phi) is 2.96. The molecule has 0 aliphatic rings. The average molecular weight is 351 g/mol. The molecule has 5 aromatic rings. The highest BCUT2D eigenvalue weighted by atomic mass is 19.2. The third kappa shape index (κ3) is 2.19. The summed E-state index contributed by atoms with van der Waals surface area (Å²) < 4.78 is 33.8. The number of rotatable bonds is 2. The minimum absolute atomic E-state index is 0.238. The van der Waals surface area contributed by atoms with Gasteiger partial charge in [0, 0.05) is 35.0 Å². The SMILES string of the molecule is Cn1ncc2ccc(-c3noc(-c4cc5cc(F)c(F)cc5[nH]4)n3)cc21. The molecule has 0 aliphatic heterocycles. The first-order valence-electron chi connectivity index (χ1n) is 7.82. The number of nitrogens with one attached hydrogen (secondary N) is 1. The lowest BCUT2D eigenvalue weighted by atomic mass is 10.1. The smallest absolute Gasteiger partial charge is 0.274 e. The van der Waals surface area contributed by atoms with Gasteiger partial charge in [0.1, 0.15) is 5.69 Å². The zero-order valence-electron chi connectivity index (χ0n) is 13.5. The van der Waals surface area contributed by atoms with Crippen molar-refractivity contribution in [2.24, 2.45) is 7.05 Å². The molecule has 1 N–H and O–H groups in total. The summed E-state index contributed by atoms with van der Waals surface area (Å²) in [7, 11) is 1.86. The number of aromatic amines is 1. The summed E-state index contributed by atoms with van der Waals surface area (Å²) in [5.41, 5.74) is 2.68. The normalized spacial score (nSPS) is 11.7. The molecule has 0 aliphatic carbocycles. The maximum Gasteiger partial charge on any atom is 0.274 e. The number of hydrogen-bond acceptors (Lipinski definition) is 4. The predicted molar refractivity (Wildman–Crippen MR) is 91.2 cm³/mol. The van der Waals surface area contributed by atoms with E-state index in [0.29, 0.717) is 22.4 Å². The van der Waals surface area contributed by atoms with Crippen molar-refractivity contribution in [2.45, 2.75) is 0 Å². The van der Waals surface area contributed by atoms with Gasteiger partial charge in [0.15, 0.2) is 11.6 Å². The number of halogens is 2. The van der Waals surface area contributed by atoms with Gasteiger partial charge in [0.25, 0.3) is 5.89 Å². The van der Waals surface area contributed by atoms with E-state index in [1.807, 2.05) is 25.2 Å². The molecule has 0 fully saturated rings. The van der Waals surface area contributed by atoms with Gasteiger partial charge in [-0.1, -0.05) is 17.3 Å². The van der Waals surface area contributed by atoms with E-state index in [9.17, 15) is 8.78 Å². The van der Waals surface area contributed by atoms with Crippen LogP contribution in [0.1, 0.15) is 0 Å². The molecule has 3 heterocycles. The zero-order chi connectivity index (χ0) is 17.8. The fourth-order valence-electron chi connectivity index (χ4n) is 2.98. The van der Waals surface area contributed by atoms with Crippen LogP contribution in [0.3, 0.4) is 0 Å². The second-order valence-corrected chi connectivity index (χ2v) is 6.00. The number of H-pyrrole nitrogens is 1. The van der Waals surface area contributed by atoms with Crippen LogP contribution in [0.2, 0.25) is 0 Å². The number of benzene rings is 2. The van der Waals surface area contributed by atoms with E-state index in [-0.39, 0.29) is 5.89 Å². The highest BCUT2D eigenvalue weighted by Gasteiger charge is 2.15. The van der Waals surface area contributed by atoms with Gasteiger partial charge < -0.3 is 9.51 Å². The van der Waals surface area contributed by atoms with Crippen LogP contribution >= 0.6 is 0 Å². The Morgan fingerprint density at radius 1 is 1.04 bits per heavy atom. The van der Waals surface area contributed by atoms with Crippen LogP contribution in [0, 0.1) is 11.6 Å². The number of fused-ring (bicyclic) bond motifs is 2. The second-order valence-electron chi connectivity index (χ2n) is 6.00. The van der Waals surface area contributed by atoms with E-state index in [1.54, 1.807) is 16.9 Å². The lowest BCUT2D eigenvalue weighted by molar-refractivity contribution is 0.431. The molecule has 0 bridgehead atoms. The highest BCUT2D eigenvalue weighted by Crippen LogP contribution is 2.27. The minimum atomic E-state index is -0.915. The first-order valence-corrected chi connectivity index (χ1v) is 7.82. The molecular formula is C18H11F2N5O. The van der Waals surface area contributed by atoms with Crippen molar-refractivity contribution in [2.75, 3.05) is 0 Å². The fourth-order valence-corrected chi connectivity index (χ4v) is 2.98. The molecule has 8 heteroatoms. The van der Waals surface area contributed by atoms with Gasteiger partial charge in [0.2, 0.25) is 5.82 Å². The molecule has 26 heavy (non-hydrogen) atoms. The molecule has 3 aromatic heterocycles. The topological polar surface area (TPSA) is 72.5 Å². The molecule has 0 amide bonds. The monoisotopic (exact) mass is 351 g/mol. The summed E-state index contributed by atoms with van der Waals surface area (Å²) in [6.07, 6.45) is 1.78. The first kappa shape index (κ1) is 14.8. The fraction of sp³-hybridized carbons (Fsp3) is 0.0556. The maximum atomic E-state index is 13.4. The standard InChI is InChI=1S/C18H11F2N5O/c1-25-16-6-9(2-3-10(16)8-21-25)17-23-18(26-24-17)15-5-11-4-12(19)13(20)7-14(11)22-15/h2-8,22H,1H3. The van der Waals surface area contributed by atoms with Gasteiger partial charge in [-0.2, -0.15) is 10.1 Å². The zero-order valence-corrected chi connectivity index (χ0v) is 13.5. The highest BCUT2D eigenvalue weighted by molar-refractivity contribution is 5.85. The van der Waals surface area contributed by atoms with Gasteiger partial charge in [-0.05, 0) is 18.2 Å². The molecule has 0 saturated carbocycles. The second kappa shape index (κ2) is 5.22. The van der Waals surface area contributed by atoms with Crippen LogP contribution in [0.25, 0.3) is 44.8 Å². The molecule has 0 saturated heterocycles. The van der Waals surface area contributed by atoms with E-state index >= 15 is 0 Å². The third-order valence-corrected chi connectivity index (χ3v) is 4.33. The van der Waals surface area contributed by atoms with E-state index in [0.717, 1.165) is 28.6 Å². The molecule has 0 atom stereocenters. The van der Waals surface area contributed by atoms with Crippen LogP contribution in [0.5, 0.6) is 0 Å². The van der Waals surface area contributed by atoms with Crippen LogP contribution in [-0.2, 0) is 7.05 Å². The van der Waals surface area contributed by atoms with E-state index in [1.165, 1.54) is 0 Å². The van der Waals surface area contributed by atoms with E-state index in [2.05, 4.69) is 20.2 Å². The molecule has 0 radical (unpaired) electrons. The lowest BCUT2D eigenvalue weighted by Gasteiger charge is -1.97. The third-order valence-electron chi connectivity index (χ3n) is 4.33. The Balaban J connectivity index is 1.57.